The molecule has 0 saturated heterocycles. The first-order chi connectivity index (χ1) is 9.10. The highest BCUT2D eigenvalue weighted by Gasteiger charge is 2.12. The van der Waals surface area contributed by atoms with Crippen LogP contribution in [-0.4, -0.2) is 11.0 Å². The van der Waals surface area contributed by atoms with Gasteiger partial charge in [0.25, 0.3) is 0 Å². The molecule has 94 valence electrons. The number of benzene rings is 1. The van der Waals surface area contributed by atoms with Gasteiger partial charge in [0.05, 0.1) is 22.2 Å². The van der Waals surface area contributed by atoms with Crippen molar-refractivity contribution in [3.05, 3.63) is 58.4 Å². The molecule has 2 aromatic rings. The molecule has 0 unspecified atom stereocenters. The van der Waals surface area contributed by atoms with Gasteiger partial charge in [-0.2, -0.15) is 5.26 Å². The molecule has 0 aliphatic heterocycles. The quantitative estimate of drug-likeness (QED) is 0.622. The Labute approximate surface area is 115 Å². The summed E-state index contributed by atoms with van der Waals surface area (Å²) in [5.41, 5.74) is 1.50. The van der Waals surface area contributed by atoms with Crippen LogP contribution in [0, 0.1) is 18.3 Å². The Morgan fingerprint density at radius 3 is 2.79 bits per heavy atom. The van der Waals surface area contributed by atoms with Crippen molar-refractivity contribution < 1.29 is 9.53 Å². The van der Waals surface area contributed by atoms with E-state index in [4.69, 9.17) is 21.6 Å². The first-order valence-electron chi connectivity index (χ1n) is 5.44. The standard InChI is InChI=1S/C14H9ClN2O2/c1-9-2-4-11(8-17-9)14(18)19-13-6-10(7-16)3-5-12(13)15/h2-6,8H,1H3. The summed E-state index contributed by atoms with van der Waals surface area (Å²) in [5, 5.41) is 9.06. The van der Waals surface area contributed by atoms with E-state index in [1.165, 1.54) is 18.3 Å². The van der Waals surface area contributed by atoms with Gasteiger partial charge in [0.15, 0.2) is 5.75 Å². The summed E-state index contributed by atoms with van der Waals surface area (Å²) >= 11 is 5.91. The van der Waals surface area contributed by atoms with Crippen LogP contribution in [0.25, 0.3) is 0 Å². The Morgan fingerprint density at radius 2 is 2.16 bits per heavy atom. The minimum Gasteiger partial charge on any atom is -0.421 e. The number of nitrogens with zero attached hydrogens (tertiary/aromatic N) is 2. The third-order valence-corrected chi connectivity index (χ3v) is 2.72. The van der Waals surface area contributed by atoms with Crippen LogP contribution in [0.5, 0.6) is 5.75 Å². The lowest BCUT2D eigenvalue weighted by Crippen LogP contribution is -2.09. The number of ether oxygens (including phenoxy) is 1. The zero-order valence-corrected chi connectivity index (χ0v) is 10.8. The van der Waals surface area contributed by atoms with Gasteiger partial charge in [-0.1, -0.05) is 11.6 Å². The maximum absolute atomic E-state index is 11.9. The SMILES string of the molecule is Cc1ccc(C(=O)Oc2cc(C#N)ccc2Cl)cn1. The molecule has 0 atom stereocenters. The summed E-state index contributed by atoms with van der Waals surface area (Å²) in [4.78, 5) is 15.9. The van der Waals surface area contributed by atoms with E-state index in [0.717, 1.165) is 5.69 Å². The van der Waals surface area contributed by atoms with E-state index in [1.807, 2.05) is 13.0 Å². The molecular formula is C14H9ClN2O2. The van der Waals surface area contributed by atoms with Gasteiger partial charge in [-0.3, -0.25) is 4.98 Å². The third kappa shape index (κ3) is 3.09. The van der Waals surface area contributed by atoms with Crippen molar-refractivity contribution in [3.8, 4) is 11.8 Å². The van der Waals surface area contributed by atoms with Crippen LogP contribution < -0.4 is 4.74 Å². The van der Waals surface area contributed by atoms with E-state index in [1.54, 1.807) is 18.2 Å². The number of nitriles is 1. The number of esters is 1. The molecule has 0 saturated carbocycles. The lowest BCUT2D eigenvalue weighted by Gasteiger charge is -2.06. The number of carbonyl (C=O) groups is 1. The largest absolute Gasteiger partial charge is 0.421 e. The van der Waals surface area contributed by atoms with Gasteiger partial charge in [-0.15, -0.1) is 0 Å². The molecule has 1 aromatic carbocycles. The molecule has 1 heterocycles. The summed E-state index contributed by atoms with van der Waals surface area (Å²) in [6, 6.07) is 9.76. The highest BCUT2D eigenvalue weighted by molar-refractivity contribution is 6.32. The molecular weight excluding hydrogens is 264 g/mol. The van der Waals surface area contributed by atoms with Gasteiger partial charge in [0.2, 0.25) is 0 Å². The van der Waals surface area contributed by atoms with E-state index in [-0.39, 0.29) is 10.8 Å². The topological polar surface area (TPSA) is 63.0 Å². The number of carbonyl (C=O) groups excluding carboxylic acids is 1. The third-order valence-electron chi connectivity index (χ3n) is 2.41. The minimum atomic E-state index is -0.565. The van der Waals surface area contributed by atoms with Gasteiger partial charge in [0, 0.05) is 18.0 Å². The molecule has 0 N–H and O–H groups in total. The molecule has 4 nitrogen and oxygen atoms in total. The van der Waals surface area contributed by atoms with Gasteiger partial charge in [0.1, 0.15) is 0 Å². The molecule has 0 aliphatic rings. The Bertz CT molecular complexity index is 660. The fourth-order valence-corrected chi connectivity index (χ4v) is 1.55. The zero-order chi connectivity index (χ0) is 13.8. The van der Waals surface area contributed by atoms with Crippen molar-refractivity contribution in [1.29, 1.82) is 5.26 Å². The van der Waals surface area contributed by atoms with Crippen molar-refractivity contribution in [2.45, 2.75) is 6.92 Å². The van der Waals surface area contributed by atoms with Crippen molar-refractivity contribution in [3.63, 3.8) is 0 Å². The molecule has 0 radical (unpaired) electrons. The summed E-state index contributed by atoms with van der Waals surface area (Å²) in [6.07, 6.45) is 1.43. The Hall–Kier alpha value is -2.38. The van der Waals surface area contributed by atoms with E-state index in [9.17, 15) is 4.79 Å². The molecule has 0 amide bonds. The molecule has 1 aromatic heterocycles. The maximum atomic E-state index is 11.9. The second-order valence-corrected chi connectivity index (χ2v) is 4.24. The Morgan fingerprint density at radius 1 is 1.37 bits per heavy atom. The number of rotatable bonds is 2. The molecule has 19 heavy (non-hydrogen) atoms. The predicted octanol–water partition coefficient (Wildman–Crippen LogP) is 3.13. The van der Waals surface area contributed by atoms with Crippen molar-refractivity contribution >= 4 is 17.6 Å². The summed E-state index contributed by atoms with van der Waals surface area (Å²) in [7, 11) is 0. The van der Waals surface area contributed by atoms with E-state index in [0.29, 0.717) is 11.1 Å². The normalized spacial score (nSPS) is 9.74. The molecule has 0 spiro atoms. The molecule has 5 heteroatoms. The fraction of sp³-hybridized carbons (Fsp3) is 0.0714. The van der Waals surface area contributed by atoms with E-state index >= 15 is 0 Å². The molecule has 0 fully saturated rings. The number of pyridine rings is 1. The number of aryl methyl sites for hydroxylation is 1. The highest BCUT2D eigenvalue weighted by atomic mass is 35.5. The summed E-state index contributed by atoms with van der Waals surface area (Å²) in [6.45, 7) is 1.82. The van der Waals surface area contributed by atoms with Crippen LogP contribution in [0.2, 0.25) is 5.02 Å². The molecule has 2 rings (SSSR count). The van der Waals surface area contributed by atoms with Gasteiger partial charge < -0.3 is 4.74 Å². The number of aromatic nitrogens is 1. The van der Waals surface area contributed by atoms with Crippen LogP contribution in [-0.2, 0) is 0 Å². The monoisotopic (exact) mass is 272 g/mol. The number of hydrogen-bond acceptors (Lipinski definition) is 4. The van der Waals surface area contributed by atoms with Crippen LogP contribution in [0.4, 0.5) is 0 Å². The smallest absolute Gasteiger partial charge is 0.345 e. The molecule has 0 aliphatic carbocycles. The van der Waals surface area contributed by atoms with Crippen LogP contribution in [0.15, 0.2) is 36.5 Å². The van der Waals surface area contributed by atoms with Gasteiger partial charge >= 0.3 is 5.97 Å². The zero-order valence-electron chi connectivity index (χ0n) is 10.1. The average molecular weight is 273 g/mol. The van der Waals surface area contributed by atoms with Crippen molar-refractivity contribution in [2.75, 3.05) is 0 Å². The second-order valence-electron chi connectivity index (χ2n) is 3.83. The summed E-state index contributed by atoms with van der Waals surface area (Å²) < 4.78 is 5.15. The van der Waals surface area contributed by atoms with Crippen LogP contribution in [0.1, 0.15) is 21.6 Å². The number of hydrogen-bond donors (Lipinski definition) is 0. The van der Waals surface area contributed by atoms with Gasteiger partial charge in [-0.25, -0.2) is 4.79 Å². The highest BCUT2D eigenvalue weighted by Crippen LogP contribution is 2.26. The fourth-order valence-electron chi connectivity index (χ4n) is 1.40. The van der Waals surface area contributed by atoms with Crippen LogP contribution in [0.3, 0.4) is 0 Å². The Balaban J connectivity index is 2.24. The maximum Gasteiger partial charge on any atom is 0.345 e. The molecule has 0 bridgehead atoms. The Kier molecular flexibility index (Phi) is 3.79. The van der Waals surface area contributed by atoms with Crippen molar-refractivity contribution in [2.24, 2.45) is 0 Å². The first-order valence-corrected chi connectivity index (χ1v) is 5.82. The summed E-state index contributed by atoms with van der Waals surface area (Å²) in [5.74, 6) is -0.407. The van der Waals surface area contributed by atoms with Gasteiger partial charge in [-0.05, 0) is 31.2 Å². The average Bonchev–Trinajstić information content (AvgIpc) is 2.42. The minimum absolute atomic E-state index is 0.159. The van der Waals surface area contributed by atoms with Crippen LogP contribution >= 0.6 is 11.6 Å². The first kappa shape index (κ1) is 13.1. The van der Waals surface area contributed by atoms with Crippen molar-refractivity contribution in [1.82, 2.24) is 4.98 Å². The lowest BCUT2D eigenvalue weighted by atomic mass is 10.2. The predicted molar refractivity (Wildman–Crippen MR) is 70.1 cm³/mol. The van der Waals surface area contributed by atoms with E-state index < -0.39 is 5.97 Å². The number of halogens is 1. The second kappa shape index (κ2) is 5.51. The van der Waals surface area contributed by atoms with E-state index in [2.05, 4.69) is 4.98 Å². The lowest BCUT2D eigenvalue weighted by molar-refractivity contribution is 0.0734.